The molecule has 140 valence electrons. The highest BCUT2D eigenvalue weighted by atomic mass is 32.1. The summed E-state index contributed by atoms with van der Waals surface area (Å²) in [6.07, 6.45) is 2.89. The number of carbonyl (C=O) groups excluding carboxylic acids is 2. The van der Waals surface area contributed by atoms with E-state index in [9.17, 15) is 9.59 Å². The number of aryl methyl sites for hydroxylation is 1. The van der Waals surface area contributed by atoms with Gasteiger partial charge in [-0.25, -0.2) is 4.79 Å². The van der Waals surface area contributed by atoms with Gasteiger partial charge in [-0.3, -0.25) is 9.69 Å². The molecule has 7 heteroatoms. The SMILES string of the molecule is CCOC(=O)c1cc(CC)sc1NC(=O)CN1CCn2cccc2C1C. The van der Waals surface area contributed by atoms with E-state index in [2.05, 4.69) is 34.0 Å². The Hall–Kier alpha value is -2.12. The van der Waals surface area contributed by atoms with Crippen LogP contribution in [0.25, 0.3) is 0 Å². The van der Waals surface area contributed by atoms with E-state index in [0.717, 1.165) is 24.4 Å². The molecule has 3 heterocycles. The van der Waals surface area contributed by atoms with Gasteiger partial charge in [-0.05, 0) is 38.5 Å². The Bertz CT molecular complexity index is 796. The minimum atomic E-state index is -0.386. The molecule has 6 nitrogen and oxygen atoms in total. The summed E-state index contributed by atoms with van der Waals surface area (Å²) in [5, 5.41) is 3.50. The molecule has 0 aliphatic carbocycles. The van der Waals surface area contributed by atoms with Crippen molar-refractivity contribution in [1.29, 1.82) is 0 Å². The largest absolute Gasteiger partial charge is 0.462 e. The number of esters is 1. The first kappa shape index (κ1) is 18.7. The zero-order valence-electron chi connectivity index (χ0n) is 15.4. The molecule has 1 aliphatic rings. The van der Waals surface area contributed by atoms with Crippen LogP contribution in [-0.4, -0.2) is 41.0 Å². The molecule has 0 radical (unpaired) electrons. The van der Waals surface area contributed by atoms with Crippen molar-refractivity contribution in [2.45, 2.75) is 39.8 Å². The third-order valence-corrected chi connectivity index (χ3v) is 5.89. The number of ether oxygens (including phenoxy) is 1. The van der Waals surface area contributed by atoms with Crippen LogP contribution in [0.1, 0.15) is 47.7 Å². The van der Waals surface area contributed by atoms with Crippen LogP contribution >= 0.6 is 11.3 Å². The molecule has 0 saturated heterocycles. The predicted molar refractivity (Wildman–Crippen MR) is 103 cm³/mol. The zero-order valence-corrected chi connectivity index (χ0v) is 16.3. The molecule has 0 fully saturated rings. The Morgan fingerprint density at radius 2 is 2.15 bits per heavy atom. The summed E-state index contributed by atoms with van der Waals surface area (Å²) in [6.45, 7) is 8.23. The smallest absolute Gasteiger partial charge is 0.341 e. The molecular weight excluding hydrogens is 350 g/mol. The third-order valence-electron chi connectivity index (χ3n) is 4.70. The van der Waals surface area contributed by atoms with Crippen LogP contribution in [0.2, 0.25) is 0 Å². The minimum Gasteiger partial charge on any atom is -0.462 e. The van der Waals surface area contributed by atoms with Crippen LogP contribution in [0.4, 0.5) is 5.00 Å². The van der Waals surface area contributed by atoms with Crippen molar-refractivity contribution in [1.82, 2.24) is 9.47 Å². The van der Waals surface area contributed by atoms with Gasteiger partial charge in [-0.15, -0.1) is 11.3 Å². The summed E-state index contributed by atoms with van der Waals surface area (Å²) >= 11 is 1.44. The summed E-state index contributed by atoms with van der Waals surface area (Å²) in [7, 11) is 0. The average Bonchev–Trinajstić information content (AvgIpc) is 3.24. The number of aromatic nitrogens is 1. The number of rotatable bonds is 6. The third kappa shape index (κ3) is 3.83. The lowest BCUT2D eigenvalue weighted by atomic mass is 10.1. The Morgan fingerprint density at radius 1 is 1.35 bits per heavy atom. The van der Waals surface area contributed by atoms with Crippen LogP contribution < -0.4 is 5.32 Å². The number of hydrogen-bond acceptors (Lipinski definition) is 5. The lowest BCUT2D eigenvalue weighted by Gasteiger charge is -2.34. The topological polar surface area (TPSA) is 63.6 Å². The lowest BCUT2D eigenvalue weighted by Crippen LogP contribution is -2.41. The fourth-order valence-electron chi connectivity index (χ4n) is 3.26. The van der Waals surface area contributed by atoms with Crippen LogP contribution in [0.3, 0.4) is 0 Å². The summed E-state index contributed by atoms with van der Waals surface area (Å²) in [6, 6.07) is 6.14. The van der Waals surface area contributed by atoms with Crippen LogP contribution in [-0.2, 0) is 22.5 Å². The second kappa shape index (κ2) is 8.05. The monoisotopic (exact) mass is 375 g/mol. The second-order valence-corrected chi connectivity index (χ2v) is 7.49. The summed E-state index contributed by atoms with van der Waals surface area (Å²) in [5.41, 5.74) is 1.67. The fourth-order valence-corrected chi connectivity index (χ4v) is 4.26. The summed E-state index contributed by atoms with van der Waals surface area (Å²) < 4.78 is 7.34. The maximum absolute atomic E-state index is 12.6. The van der Waals surface area contributed by atoms with Gasteiger partial charge in [0.05, 0.1) is 18.7 Å². The first-order chi connectivity index (χ1) is 12.5. The molecule has 0 saturated carbocycles. The van der Waals surface area contributed by atoms with Crippen LogP contribution in [0.15, 0.2) is 24.4 Å². The van der Waals surface area contributed by atoms with Gasteiger partial charge in [0.2, 0.25) is 5.91 Å². The van der Waals surface area contributed by atoms with E-state index < -0.39 is 0 Å². The van der Waals surface area contributed by atoms with Gasteiger partial charge in [0.15, 0.2) is 0 Å². The number of thiophene rings is 1. The Labute approximate surface area is 157 Å². The number of fused-ring (bicyclic) bond motifs is 1. The first-order valence-electron chi connectivity index (χ1n) is 9.02. The molecule has 3 rings (SSSR count). The van der Waals surface area contributed by atoms with Crippen LogP contribution in [0, 0.1) is 0 Å². The van der Waals surface area contributed by atoms with Gasteiger partial charge in [0.25, 0.3) is 0 Å². The number of carbonyl (C=O) groups is 2. The first-order valence-corrected chi connectivity index (χ1v) is 9.83. The number of hydrogen-bond donors (Lipinski definition) is 1. The molecule has 1 amide bonds. The molecule has 0 aromatic carbocycles. The van der Waals surface area contributed by atoms with Crippen molar-refractivity contribution in [3.8, 4) is 0 Å². The molecule has 2 aromatic rings. The van der Waals surface area contributed by atoms with E-state index in [1.165, 1.54) is 17.0 Å². The lowest BCUT2D eigenvalue weighted by molar-refractivity contribution is -0.118. The number of anilines is 1. The Morgan fingerprint density at radius 3 is 2.88 bits per heavy atom. The Kier molecular flexibility index (Phi) is 5.78. The van der Waals surface area contributed by atoms with Crippen molar-refractivity contribution in [3.63, 3.8) is 0 Å². The van der Waals surface area contributed by atoms with Gasteiger partial charge in [-0.1, -0.05) is 6.92 Å². The van der Waals surface area contributed by atoms with Gasteiger partial charge < -0.3 is 14.6 Å². The molecular formula is C19H25N3O3S. The zero-order chi connectivity index (χ0) is 18.7. The highest BCUT2D eigenvalue weighted by Crippen LogP contribution is 2.30. The van der Waals surface area contributed by atoms with Crippen molar-refractivity contribution < 1.29 is 14.3 Å². The normalized spacial score (nSPS) is 17.0. The maximum atomic E-state index is 12.6. The van der Waals surface area contributed by atoms with Crippen LogP contribution in [0.5, 0.6) is 0 Å². The molecule has 26 heavy (non-hydrogen) atoms. The van der Waals surface area contributed by atoms with Gasteiger partial charge in [-0.2, -0.15) is 0 Å². The molecule has 1 atom stereocenters. The number of nitrogens with zero attached hydrogens (tertiary/aromatic N) is 2. The van der Waals surface area contributed by atoms with E-state index in [-0.39, 0.29) is 17.9 Å². The molecule has 0 spiro atoms. The number of nitrogens with one attached hydrogen (secondary N) is 1. The molecule has 0 bridgehead atoms. The average molecular weight is 375 g/mol. The van der Waals surface area contributed by atoms with Crippen molar-refractivity contribution in [3.05, 3.63) is 40.5 Å². The Balaban J connectivity index is 1.69. The van der Waals surface area contributed by atoms with E-state index in [0.29, 0.717) is 23.7 Å². The minimum absolute atomic E-state index is 0.105. The summed E-state index contributed by atoms with van der Waals surface area (Å²) in [4.78, 5) is 28.0. The highest BCUT2D eigenvalue weighted by molar-refractivity contribution is 7.16. The van der Waals surface area contributed by atoms with E-state index in [1.54, 1.807) is 6.92 Å². The van der Waals surface area contributed by atoms with Gasteiger partial charge in [0, 0.05) is 35.9 Å². The molecule has 1 unspecified atom stereocenters. The predicted octanol–water partition coefficient (Wildman–Crippen LogP) is 3.30. The maximum Gasteiger partial charge on any atom is 0.341 e. The number of amides is 1. The highest BCUT2D eigenvalue weighted by Gasteiger charge is 2.26. The van der Waals surface area contributed by atoms with Crippen molar-refractivity contribution >= 4 is 28.2 Å². The fraction of sp³-hybridized carbons (Fsp3) is 0.474. The van der Waals surface area contributed by atoms with E-state index in [1.807, 2.05) is 19.1 Å². The molecule has 1 N–H and O–H groups in total. The summed E-state index contributed by atoms with van der Waals surface area (Å²) in [5.74, 6) is -0.491. The second-order valence-electron chi connectivity index (χ2n) is 6.35. The quantitative estimate of drug-likeness (QED) is 0.787. The van der Waals surface area contributed by atoms with E-state index in [4.69, 9.17) is 4.74 Å². The van der Waals surface area contributed by atoms with Crippen molar-refractivity contribution in [2.75, 3.05) is 25.0 Å². The van der Waals surface area contributed by atoms with Crippen molar-refractivity contribution in [2.24, 2.45) is 0 Å². The van der Waals surface area contributed by atoms with E-state index >= 15 is 0 Å². The molecule has 1 aliphatic heterocycles. The standard InChI is InChI=1S/C19H25N3O3S/c1-4-14-11-15(19(24)25-5-2)18(26-14)20-17(23)12-22-10-9-21-8-6-7-16(21)13(22)3/h6-8,11,13H,4-5,9-10,12H2,1-3H3,(H,20,23). The van der Waals surface area contributed by atoms with Gasteiger partial charge >= 0.3 is 5.97 Å². The molecule has 2 aromatic heterocycles. The van der Waals surface area contributed by atoms with Gasteiger partial charge in [0.1, 0.15) is 5.00 Å².